The van der Waals surface area contributed by atoms with Gasteiger partial charge in [0, 0.05) is 11.6 Å². The zero-order valence-corrected chi connectivity index (χ0v) is 14.8. The quantitative estimate of drug-likeness (QED) is 0.764. The number of benzene rings is 1. The minimum Gasteiger partial charge on any atom is -0.452 e. The average molecular weight is 359 g/mol. The predicted octanol–water partition coefficient (Wildman–Crippen LogP) is 2.05. The molecule has 138 valence electrons. The molecule has 0 aliphatic heterocycles. The Balaban J connectivity index is 1.85. The number of carbonyl (C=O) groups excluding carboxylic acids is 3. The van der Waals surface area contributed by atoms with Crippen LogP contribution in [0.3, 0.4) is 0 Å². The number of hydrogen-bond donors (Lipinski definition) is 2. The number of amides is 3. The monoisotopic (exact) mass is 359 g/mol. The van der Waals surface area contributed by atoms with Crippen LogP contribution < -0.4 is 10.6 Å². The minimum absolute atomic E-state index is 0.119. The molecule has 2 N–H and O–H groups in total. The van der Waals surface area contributed by atoms with Crippen molar-refractivity contribution >= 4 is 17.9 Å². The maximum atomic E-state index is 12.0. The first-order valence-electron chi connectivity index (χ1n) is 8.16. The van der Waals surface area contributed by atoms with Crippen LogP contribution in [0.4, 0.5) is 4.79 Å². The number of oxazole rings is 1. The molecule has 2 rings (SSSR count). The normalized spacial score (nSPS) is 11.7. The molecule has 0 radical (unpaired) electrons. The van der Waals surface area contributed by atoms with E-state index in [1.807, 2.05) is 30.3 Å². The Bertz CT molecular complexity index is 770. The van der Waals surface area contributed by atoms with Gasteiger partial charge in [-0.3, -0.25) is 14.9 Å². The van der Waals surface area contributed by atoms with Gasteiger partial charge in [0.1, 0.15) is 6.26 Å². The summed E-state index contributed by atoms with van der Waals surface area (Å²) in [6.07, 6.45) is 0.109. The summed E-state index contributed by atoms with van der Waals surface area (Å²) in [5, 5.41) is 4.61. The number of esters is 1. The van der Waals surface area contributed by atoms with Crippen LogP contribution in [0.25, 0.3) is 11.5 Å². The van der Waals surface area contributed by atoms with Crippen molar-refractivity contribution < 1.29 is 23.5 Å². The highest BCUT2D eigenvalue weighted by atomic mass is 16.5. The van der Waals surface area contributed by atoms with Gasteiger partial charge in [0.05, 0.1) is 12.1 Å². The van der Waals surface area contributed by atoms with Gasteiger partial charge in [-0.1, -0.05) is 18.2 Å². The molecule has 1 unspecified atom stereocenters. The van der Waals surface area contributed by atoms with Gasteiger partial charge in [0.25, 0.3) is 5.91 Å². The van der Waals surface area contributed by atoms with E-state index in [0.29, 0.717) is 11.6 Å². The summed E-state index contributed by atoms with van der Waals surface area (Å²) >= 11 is 0. The van der Waals surface area contributed by atoms with E-state index in [1.165, 1.54) is 13.2 Å². The second-order valence-electron chi connectivity index (χ2n) is 5.94. The van der Waals surface area contributed by atoms with Gasteiger partial charge in [-0.05, 0) is 32.9 Å². The lowest BCUT2D eigenvalue weighted by atomic mass is 10.2. The summed E-state index contributed by atoms with van der Waals surface area (Å²) in [5.74, 6) is -0.962. The lowest BCUT2D eigenvalue weighted by Gasteiger charge is -2.14. The van der Waals surface area contributed by atoms with Crippen LogP contribution in [-0.2, 0) is 20.7 Å². The molecule has 0 spiro atoms. The van der Waals surface area contributed by atoms with Crippen molar-refractivity contribution in [3.8, 4) is 11.5 Å². The molecule has 1 aromatic heterocycles. The molecule has 0 saturated heterocycles. The number of ether oxygens (including phenoxy) is 1. The number of hydrogen-bond acceptors (Lipinski definition) is 6. The molecular weight excluding hydrogens is 338 g/mol. The van der Waals surface area contributed by atoms with Crippen LogP contribution in [0.2, 0.25) is 0 Å². The van der Waals surface area contributed by atoms with Gasteiger partial charge in [-0.15, -0.1) is 0 Å². The largest absolute Gasteiger partial charge is 0.452 e. The van der Waals surface area contributed by atoms with Gasteiger partial charge >= 0.3 is 12.0 Å². The smallest absolute Gasteiger partial charge is 0.321 e. The molecule has 1 aromatic carbocycles. The van der Waals surface area contributed by atoms with Gasteiger partial charge in [0.15, 0.2) is 6.10 Å². The molecule has 8 heteroatoms. The lowest BCUT2D eigenvalue weighted by molar-refractivity contribution is -0.153. The molecule has 26 heavy (non-hydrogen) atoms. The highest BCUT2D eigenvalue weighted by Crippen LogP contribution is 2.18. The lowest BCUT2D eigenvalue weighted by Crippen LogP contribution is -2.46. The van der Waals surface area contributed by atoms with Crippen molar-refractivity contribution in [3.05, 3.63) is 42.3 Å². The molecule has 0 bridgehead atoms. The fraction of sp³-hybridized carbons (Fsp3) is 0.333. The molecule has 0 fully saturated rings. The summed E-state index contributed by atoms with van der Waals surface area (Å²) in [5.41, 5.74) is 1.18. The highest BCUT2D eigenvalue weighted by molar-refractivity contribution is 5.97. The summed E-state index contributed by atoms with van der Waals surface area (Å²) in [7, 11) is 0. The topological polar surface area (TPSA) is 111 Å². The van der Waals surface area contributed by atoms with Crippen molar-refractivity contribution in [1.29, 1.82) is 0 Å². The molecule has 3 amide bonds. The van der Waals surface area contributed by atoms with Crippen LogP contribution in [-0.4, -0.2) is 35.0 Å². The molecule has 8 nitrogen and oxygen atoms in total. The number of nitrogens with one attached hydrogen (secondary N) is 2. The SMILES string of the molecule is CC(C)NC(=O)NC(=O)C(C)OC(=O)Cc1coc(-c2ccccc2)n1. The van der Waals surface area contributed by atoms with Gasteiger partial charge in [-0.2, -0.15) is 0 Å². The Hall–Kier alpha value is -3.16. The summed E-state index contributed by atoms with van der Waals surface area (Å²) in [4.78, 5) is 39.5. The van der Waals surface area contributed by atoms with Gasteiger partial charge in [0.2, 0.25) is 5.89 Å². The highest BCUT2D eigenvalue weighted by Gasteiger charge is 2.21. The van der Waals surface area contributed by atoms with Crippen LogP contribution in [0.1, 0.15) is 26.5 Å². The van der Waals surface area contributed by atoms with E-state index in [1.54, 1.807) is 13.8 Å². The van der Waals surface area contributed by atoms with Crippen LogP contribution in [0, 0.1) is 0 Å². The Morgan fingerprint density at radius 3 is 2.50 bits per heavy atom. The van der Waals surface area contributed by atoms with Crippen molar-refractivity contribution in [2.45, 2.75) is 39.3 Å². The van der Waals surface area contributed by atoms with Gasteiger partial charge < -0.3 is 14.5 Å². The van der Waals surface area contributed by atoms with E-state index in [0.717, 1.165) is 5.56 Å². The van der Waals surface area contributed by atoms with E-state index < -0.39 is 24.0 Å². The van der Waals surface area contributed by atoms with E-state index >= 15 is 0 Å². The zero-order chi connectivity index (χ0) is 19.1. The number of carbonyl (C=O) groups is 3. The van der Waals surface area contributed by atoms with Crippen molar-refractivity contribution in [2.24, 2.45) is 0 Å². The Labute approximate surface area is 150 Å². The summed E-state index contributed by atoms with van der Waals surface area (Å²) in [6.45, 7) is 4.90. The van der Waals surface area contributed by atoms with Crippen molar-refractivity contribution in [3.63, 3.8) is 0 Å². The average Bonchev–Trinajstić information content (AvgIpc) is 3.03. The fourth-order valence-electron chi connectivity index (χ4n) is 2.05. The Morgan fingerprint density at radius 1 is 1.15 bits per heavy atom. The predicted molar refractivity (Wildman–Crippen MR) is 93.0 cm³/mol. The first-order chi connectivity index (χ1) is 12.3. The second kappa shape index (κ2) is 8.80. The molecule has 0 aliphatic rings. The maximum Gasteiger partial charge on any atom is 0.321 e. The van der Waals surface area contributed by atoms with Crippen molar-refractivity contribution in [1.82, 2.24) is 15.6 Å². The maximum absolute atomic E-state index is 12.0. The number of nitrogens with zero attached hydrogens (tertiary/aromatic N) is 1. The van der Waals surface area contributed by atoms with E-state index in [9.17, 15) is 14.4 Å². The zero-order valence-electron chi connectivity index (χ0n) is 14.8. The van der Waals surface area contributed by atoms with E-state index in [-0.39, 0.29) is 12.5 Å². The third-order valence-electron chi connectivity index (χ3n) is 3.23. The molecule has 1 atom stereocenters. The van der Waals surface area contributed by atoms with E-state index in [2.05, 4.69) is 15.6 Å². The standard InChI is InChI=1S/C18H21N3O5/c1-11(2)19-18(24)21-16(23)12(3)26-15(22)9-14-10-25-17(20-14)13-7-5-4-6-8-13/h4-8,10-12H,9H2,1-3H3,(H2,19,21,23,24). The molecule has 0 aliphatic carbocycles. The summed E-state index contributed by atoms with van der Waals surface area (Å²) < 4.78 is 10.4. The molecule has 0 saturated carbocycles. The Morgan fingerprint density at radius 2 is 1.85 bits per heavy atom. The number of urea groups is 1. The van der Waals surface area contributed by atoms with Crippen LogP contribution >= 0.6 is 0 Å². The number of imide groups is 1. The third-order valence-corrected chi connectivity index (χ3v) is 3.23. The van der Waals surface area contributed by atoms with E-state index in [4.69, 9.17) is 9.15 Å². The van der Waals surface area contributed by atoms with Crippen LogP contribution in [0.5, 0.6) is 0 Å². The second-order valence-corrected chi connectivity index (χ2v) is 5.94. The minimum atomic E-state index is -1.11. The number of rotatable bonds is 6. The fourth-order valence-corrected chi connectivity index (χ4v) is 2.05. The molecular formula is C18H21N3O5. The first kappa shape index (κ1) is 19.2. The third kappa shape index (κ3) is 5.73. The first-order valence-corrected chi connectivity index (χ1v) is 8.16. The Kier molecular flexibility index (Phi) is 6.48. The van der Waals surface area contributed by atoms with Crippen molar-refractivity contribution in [2.75, 3.05) is 0 Å². The molecule has 2 aromatic rings. The molecule has 1 heterocycles. The van der Waals surface area contributed by atoms with Gasteiger partial charge in [-0.25, -0.2) is 9.78 Å². The summed E-state index contributed by atoms with van der Waals surface area (Å²) in [6, 6.07) is 8.49. The van der Waals surface area contributed by atoms with Crippen LogP contribution in [0.15, 0.2) is 41.0 Å². The number of aromatic nitrogens is 1.